The highest BCUT2D eigenvalue weighted by molar-refractivity contribution is 8.26. The predicted octanol–water partition coefficient (Wildman–Crippen LogP) is 3.06. The van der Waals surface area contributed by atoms with E-state index in [4.69, 9.17) is 16.6 Å². The van der Waals surface area contributed by atoms with Gasteiger partial charge < -0.3 is 14.3 Å². The zero-order valence-electron chi connectivity index (χ0n) is 14.5. The molecule has 27 heavy (non-hydrogen) atoms. The lowest BCUT2D eigenvalue weighted by Crippen LogP contribution is -2.52. The fraction of sp³-hybridized carbons (Fsp3) is 0.211. The van der Waals surface area contributed by atoms with E-state index in [1.54, 1.807) is 38.1 Å². The van der Waals surface area contributed by atoms with Crippen LogP contribution in [0, 0.1) is 11.7 Å². The average Bonchev–Trinajstić information content (AvgIpc) is 3.16. The van der Waals surface area contributed by atoms with E-state index in [0.29, 0.717) is 17.1 Å². The van der Waals surface area contributed by atoms with Crippen LogP contribution in [0.4, 0.5) is 4.39 Å². The molecule has 1 atom stereocenters. The number of thiocarbonyl (C=S) groups is 1. The van der Waals surface area contributed by atoms with Crippen molar-refractivity contribution < 1.29 is 23.5 Å². The first-order valence-electron chi connectivity index (χ1n) is 8.11. The second kappa shape index (κ2) is 7.66. The van der Waals surface area contributed by atoms with Gasteiger partial charge in [0.05, 0.1) is 16.9 Å². The lowest BCUT2D eigenvalue weighted by Gasteiger charge is -2.30. The Morgan fingerprint density at radius 3 is 2.52 bits per heavy atom. The molecule has 0 N–H and O–H groups in total. The van der Waals surface area contributed by atoms with Crippen LogP contribution in [-0.4, -0.2) is 27.1 Å². The molecule has 140 valence electrons. The molecule has 1 amide bonds. The first kappa shape index (κ1) is 19.3. The van der Waals surface area contributed by atoms with Gasteiger partial charge in [0.1, 0.15) is 21.7 Å². The summed E-state index contributed by atoms with van der Waals surface area (Å²) in [6.07, 6.45) is 1.51. The highest BCUT2D eigenvalue weighted by atomic mass is 32.2. The van der Waals surface area contributed by atoms with Gasteiger partial charge in [0.25, 0.3) is 5.91 Å². The minimum absolute atomic E-state index is 0.166. The van der Waals surface area contributed by atoms with E-state index >= 15 is 0 Å². The SMILES string of the molecule is CC(C)[C@@H](C(=O)[O-])N1C(=O)/C(=C\c2ccc(-c3ccc(F)cc3)o2)SC1=S. The maximum absolute atomic E-state index is 13.0. The highest BCUT2D eigenvalue weighted by Gasteiger charge is 2.39. The van der Waals surface area contributed by atoms with Gasteiger partial charge in [-0.3, -0.25) is 9.69 Å². The maximum atomic E-state index is 13.0. The summed E-state index contributed by atoms with van der Waals surface area (Å²) in [5, 5.41) is 11.4. The number of amides is 1. The van der Waals surface area contributed by atoms with Gasteiger partial charge >= 0.3 is 0 Å². The number of furan rings is 1. The standard InChI is InChI=1S/C19H16FNO4S2/c1-10(2)16(18(23)24)21-17(22)15(27-19(21)26)9-13-7-8-14(25-13)11-3-5-12(20)6-4-11/h3-10,16H,1-2H3,(H,23,24)/p-1/b15-9+/t16-/m0/s1. The minimum Gasteiger partial charge on any atom is -0.548 e. The van der Waals surface area contributed by atoms with E-state index < -0.39 is 17.9 Å². The molecule has 0 aliphatic carbocycles. The fourth-order valence-electron chi connectivity index (χ4n) is 2.72. The molecule has 5 nitrogen and oxygen atoms in total. The van der Waals surface area contributed by atoms with E-state index in [-0.39, 0.29) is 21.0 Å². The van der Waals surface area contributed by atoms with E-state index in [1.807, 2.05) is 0 Å². The molecule has 0 saturated carbocycles. The molecule has 0 spiro atoms. The lowest BCUT2D eigenvalue weighted by molar-refractivity contribution is -0.311. The number of carbonyl (C=O) groups is 2. The van der Waals surface area contributed by atoms with Crippen LogP contribution in [0.3, 0.4) is 0 Å². The fourth-order valence-corrected chi connectivity index (χ4v) is 4.03. The third kappa shape index (κ3) is 3.96. The van der Waals surface area contributed by atoms with Crippen molar-refractivity contribution in [2.24, 2.45) is 5.92 Å². The first-order valence-corrected chi connectivity index (χ1v) is 9.34. The van der Waals surface area contributed by atoms with Gasteiger partial charge in [-0.25, -0.2) is 4.39 Å². The number of nitrogens with zero attached hydrogens (tertiary/aromatic N) is 1. The van der Waals surface area contributed by atoms with E-state index in [9.17, 15) is 19.1 Å². The summed E-state index contributed by atoms with van der Waals surface area (Å²) < 4.78 is 18.9. The average molecular weight is 404 g/mol. The monoisotopic (exact) mass is 404 g/mol. The van der Waals surface area contributed by atoms with Crippen molar-refractivity contribution in [2.75, 3.05) is 0 Å². The van der Waals surface area contributed by atoms with Gasteiger partial charge in [-0.1, -0.05) is 37.8 Å². The Hall–Kier alpha value is -2.45. The summed E-state index contributed by atoms with van der Waals surface area (Å²) in [5.41, 5.74) is 0.695. The van der Waals surface area contributed by atoms with Crippen molar-refractivity contribution in [2.45, 2.75) is 19.9 Å². The number of aliphatic carboxylic acids is 1. The van der Waals surface area contributed by atoms with Crippen molar-refractivity contribution in [1.29, 1.82) is 0 Å². The van der Waals surface area contributed by atoms with E-state index in [1.165, 1.54) is 18.2 Å². The van der Waals surface area contributed by atoms with Crippen molar-refractivity contribution in [3.63, 3.8) is 0 Å². The number of hydrogen-bond donors (Lipinski definition) is 0. The molecule has 0 unspecified atom stereocenters. The molecule has 2 heterocycles. The normalized spacial score (nSPS) is 17.2. The molecule has 0 radical (unpaired) electrons. The molecule has 0 bridgehead atoms. The molecular formula is C19H15FNO4S2-. The molecule has 2 aromatic rings. The second-order valence-corrected chi connectivity index (χ2v) is 7.94. The molecule has 1 aliphatic heterocycles. The van der Waals surface area contributed by atoms with E-state index in [2.05, 4.69) is 0 Å². The summed E-state index contributed by atoms with van der Waals surface area (Å²) in [6.45, 7) is 3.37. The van der Waals surface area contributed by atoms with Crippen molar-refractivity contribution >= 4 is 46.3 Å². The van der Waals surface area contributed by atoms with Crippen LogP contribution in [0.25, 0.3) is 17.4 Å². The minimum atomic E-state index is -1.35. The Morgan fingerprint density at radius 2 is 1.93 bits per heavy atom. The molecule has 1 fully saturated rings. The van der Waals surface area contributed by atoms with E-state index in [0.717, 1.165) is 16.7 Å². The first-order chi connectivity index (χ1) is 12.8. The zero-order chi connectivity index (χ0) is 19.7. The van der Waals surface area contributed by atoms with Gasteiger partial charge in [-0.2, -0.15) is 0 Å². The van der Waals surface area contributed by atoms with Gasteiger partial charge in [-0.05, 0) is 42.3 Å². The van der Waals surface area contributed by atoms with Crippen molar-refractivity contribution in [1.82, 2.24) is 4.90 Å². The van der Waals surface area contributed by atoms with Gasteiger partial charge in [-0.15, -0.1) is 0 Å². The number of carboxylic acids is 1. The number of carboxylic acid groups (broad SMARTS) is 1. The summed E-state index contributed by atoms with van der Waals surface area (Å²) in [5.74, 6) is -1.62. The van der Waals surface area contributed by atoms with Crippen molar-refractivity contribution in [3.05, 3.63) is 52.9 Å². The number of benzene rings is 1. The quantitative estimate of drug-likeness (QED) is 0.563. The highest BCUT2D eigenvalue weighted by Crippen LogP contribution is 2.36. The Kier molecular flexibility index (Phi) is 5.48. The smallest absolute Gasteiger partial charge is 0.266 e. The van der Waals surface area contributed by atoms with Crippen LogP contribution < -0.4 is 5.11 Å². The Bertz CT molecular complexity index is 933. The molecule has 1 aliphatic rings. The lowest BCUT2D eigenvalue weighted by atomic mass is 10.0. The Balaban J connectivity index is 1.86. The van der Waals surface area contributed by atoms with Crippen LogP contribution in [0.15, 0.2) is 45.7 Å². The summed E-state index contributed by atoms with van der Waals surface area (Å²) in [7, 11) is 0. The van der Waals surface area contributed by atoms with Crippen LogP contribution in [0.1, 0.15) is 19.6 Å². The van der Waals surface area contributed by atoms with Crippen LogP contribution in [0.2, 0.25) is 0 Å². The molecular weight excluding hydrogens is 389 g/mol. The summed E-state index contributed by atoms with van der Waals surface area (Å²) >= 11 is 6.20. The second-order valence-electron chi connectivity index (χ2n) is 6.27. The Morgan fingerprint density at radius 1 is 1.26 bits per heavy atom. The number of halogens is 1. The molecule has 1 aromatic heterocycles. The third-order valence-electron chi connectivity index (χ3n) is 4.00. The van der Waals surface area contributed by atoms with Gasteiger partial charge in [0.2, 0.25) is 0 Å². The topological polar surface area (TPSA) is 73.6 Å². The summed E-state index contributed by atoms with van der Waals surface area (Å²) in [6, 6.07) is 8.08. The molecule has 1 aromatic carbocycles. The maximum Gasteiger partial charge on any atom is 0.266 e. The van der Waals surface area contributed by atoms with Crippen LogP contribution in [0.5, 0.6) is 0 Å². The number of hydrogen-bond acceptors (Lipinski definition) is 6. The Labute approximate surface area is 164 Å². The van der Waals surface area contributed by atoms with Gasteiger partial charge in [0.15, 0.2) is 0 Å². The number of carbonyl (C=O) groups excluding carboxylic acids is 2. The largest absolute Gasteiger partial charge is 0.548 e. The van der Waals surface area contributed by atoms with Crippen molar-refractivity contribution in [3.8, 4) is 11.3 Å². The number of rotatable bonds is 5. The van der Waals surface area contributed by atoms with Crippen LogP contribution >= 0.6 is 24.0 Å². The molecule has 1 saturated heterocycles. The molecule has 8 heteroatoms. The number of thioether (sulfide) groups is 1. The predicted molar refractivity (Wildman–Crippen MR) is 103 cm³/mol. The van der Waals surface area contributed by atoms with Gasteiger partial charge in [0, 0.05) is 11.6 Å². The third-order valence-corrected chi connectivity index (χ3v) is 5.33. The summed E-state index contributed by atoms with van der Waals surface area (Å²) in [4.78, 5) is 25.4. The van der Waals surface area contributed by atoms with Crippen LogP contribution in [-0.2, 0) is 9.59 Å². The zero-order valence-corrected chi connectivity index (χ0v) is 16.1. The molecule has 3 rings (SSSR count).